The molecule has 20 heavy (non-hydrogen) atoms. The summed E-state index contributed by atoms with van der Waals surface area (Å²) in [5, 5.41) is 18.9. The molecule has 1 aliphatic heterocycles. The first-order valence-corrected chi connectivity index (χ1v) is 6.27. The molecule has 0 aromatic heterocycles. The first-order chi connectivity index (χ1) is 9.16. The summed E-state index contributed by atoms with van der Waals surface area (Å²) in [5.41, 5.74) is -1.86. The average molecular weight is 284 g/mol. The van der Waals surface area contributed by atoms with Crippen LogP contribution in [0.25, 0.3) is 0 Å². The Balaban J connectivity index is 2.50. The lowest BCUT2D eigenvalue weighted by Gasteiger charge is -2.31. The van der Waals surface area contributed by atoms with Gasteiger partial charge in [0, 0.05) is 12.2 Å². The van der Waals surface area contributed by atoms with Crippen molar-refractivity contribution in [1.29, 1.82) is 5.26 Å². The van der Waals surface area contributed by atoms with Gasteiger partial charge in [-0.25, -0.2) is 0 Å². The van der Waals surface area contributed by atoms with E-state index in [-0.39, 0.29) is 11.3 Å². The molecule has 1 N–H and O–H groups in total. The maximum absolute atomic E-state index is 13.1. The quantitative estimate of drug-likeness (QED) is 0.862. The van der Waals surface area contributed by atoms with Crippen molar-refractivity contribution in [2.24, 2.45) is 0 Å². The standard InChI is InChI=1S/C14H15F3N2O/c1-9-13(2,20)5-6-19(9)12-4-3-10(8-18)7-11(12)14(15,16)17/h3-4,7,9,20H,5-6H2,1-2H3. The highest BCUT2D eigenvalue weighted by Gasteiger charge is 2.43. The summed E-state index contributed by atoms with van der Waals surface area (Å²) in [7, 11) is 0. The molecule has 3 nitrogen and oxygen atoms in total. The van der Waals surface area contributed by atoms with Crippen LogP contribution in [-0.2, 0) is 6.18 Å². The minimum atomic E-state index is -4.53. The third-order valence-corrected chi connectivity index (χ3v) is 3.97. The normalized spacial score (nSPS) is 26.6. The largest absolute Gasteiger partial charge is 0.418 e. The summed E-state index contributed by atoms with van der Waals surface area (Å²) in [5.74, 6) is 0. The number of alkyl halides is 3. The molecule has 1 aromatic carbocycles. The Labute approximate surface area is 115 Å². The molecule has 0 saturated carbocycles. The van der Waals surface area contributed by atoms with Gasteiger partial charge in [-0.3, -0.25) is 0 Å². The van der Waals surface area contributed by atoms with Gasteiger partial charge < -0.3 is 10.0 Å². The molecule has 1 heterocycles. The number of hydrogen-bond acceptors (Lipinski definition) is 3. The molecule has 1 fully saturated rings. The van der Waals surface area contributed by atoms with Crippen molar-refractivity contribution in [2.45, 2.75) is 38.1 Å². The van der Waals surface area contributed by atoms with E-state index in [4.69, 9.17) is 5.26 Å². The van der Waals surface area contributed by atoms with Gasteiger partial charge in [0.05, 0.1) is 28.8 Å². The molecule has 0 amide bonds. The van der Waals surface area contributed by atoms with Crippen LogP contribution in [-0.4, -0.2) is 23.3 Å². The summed E-state index contributed by atoms with van der Waals surface area (Å²) < 4.78 is 39.4. The first-order valence-electron chi connectivity index (χ1n) is 6.27. The lowest BCUT2D eigenvalue weighted by Crippen LogP contribution is -2.40. The fourth-order valence-electron chi connectivity index (χ4n) is 2.50. The van der Waals surface area contributed by atoms with Gasteiger partial charge in [-0.2, -0.15) is 18.4 Å². The van der Waals surface area contributed by atoms with Crippen LogP contribution >= 0.6 is 0 Å². The molecule has 2 unspecified atom stereocenters. The van der Waals surface area contributed by atoms with E-state index < -0.39 is 23.4 Å². The Kier molecular flexibility index (Phi) is 3.42. The summed E-state index contributed by atoms with van der Waals surface area (Å²) in [6.07, 6.45) is -4.12. The molecular formula is C14H15F3N2O. The van der Waals surface area contributed by atoms with E-state index in [1.807, 2.05) is 0 Å². The van der Waals surface area contributed by atoms with Crippen LogP contribution in [0.1, 0.15) is 31.4 Å². The van der Waals surface area contributed by atoms with Gasteiger partial charge in [0.1, 0.15) is 0 Å². The third-order valence-electron chi connectivity index (χ3n) is 3.97. The van der Waals surface area contributed by atoms with E-state index in [0.29, 0.717) is 13.0 Å². The van der Waals surface area contributed by atoms with Gasteiger partial charge in [0.15, 0.2) is 0 Å². The second-order valence-corrected chi connectivity index (χ2v) is 5.32. The Hall–Kier alpha value is -1.74. The van der Waals surface area contributed by atoms with Gasteiger partial charge in [0.2, 0.25) is 0 Å². The molecule has 1 aromatic rings. The van der Waals surface area contributed by atoms with Gasteiger partial charge >= 0.3 is 6.18 Å². The van der Waals surface area contributed by atoms with E-state index in [0.717, 1.165) is 6.07 Å². The summed E-state index contributed by atoms with van der Waals surface area (Å²) in [6.45, 7) is 3.67. The predicted molar refractivity (Wildman–Crippen MR) is 68.2 cm³/mol. The zero-order valence-electron chi connectivity index (χ0n) is 11.2. The van der Waals surface area contributed by atoms with Crippen LogP contribution in [0.5, 0.6) is 0 Å². The van der Waals surface area contributed by atoms with Crippen molar-refractivity contribution < 1.29 is 18.3 Å². The molecule has 6 heteroatoms. The van der Waals surface area contributed by atoms with Gasteiger partial charge in [-0.05, 0) is 38.5 Å². The topological polar surface area (TPSA) is 47.3 Å². The number of halogens is 3. The molecular weight excluding hydrogens is 269 g/mol. The Morgan fingerprint density at radius 2 is 2.10 bits per heavy atom. The molecule has 0 radical (unpaired) electrons. The lowest BCUT2D eigenvalue weighted by molar-refractivity contribution is -0.137. The minimum absolute atomic E-state index is 0.0155. The first kappa shape index (κ1) is 14.7. The molecule has 0 spiro atoms. The van der Waals surface area contributed by atoms with E-state index >= 15 is 0 Å². The number of rotatable bonds is 1. The zero-order chi connectivity index (χ0) is 15.1. The molecule has 0 aliphatic carbocycles. The van der Waals surface area contributed by atoms with Crippen molar-refractivity contribution in [1.82, 2.24) is 0 Å². The molecule has 0 bridgehead atoms. The van der Waals surface area contributed by atoms with Crippen LogP contribution in [0.3, 0.4) is 0 Å². The summed E-state index contributed by atoms with van der Waals surface area (Å²) in [6, 6.07) is 4.82. The smallest absolute Gasteiger partial charge is 0.388 e. The second kappa shape index (κ2) is 4.67. The van der Waals surface area contributed by atoms with Crippen molar-refractivity contribution in [3.63, 3.8) is 0 Å². The fraction of sp³-hybridized carbons (Fsp3) is 0.500. The van der Waals surface area contributed by atoms with E-state index in [1.54, 1.807) is 24.8 Å². The van der Waals surface area contributed by atoms with Crippen molar-refractivity contribution in [2.75, 3.05) is 11.4 Å². The predicted octanol–water partition coefficient (Wildman–Crippen LogP) is 2.93. The average Bonchev–Trinajstić information content (AvgIpc) is 2.63. The zero-order valence-corrected chi connectivity index (χ0v) is 11.2. The van der Waals surface area contributed by atoms with Gasteiger partial charge in [-0.15, -0.1) is 0 Å². The molecule has 2 rings (SSSR count). The molecule has 108 valence electrons. The second-order valence-electron chi connectivity index (χ2n) is 5.32. The number of nitriles is 1. The molecule has 2 atom stereocenters. The van der Waals surface area contributed by atoms with Gasteiger partial charge in [0.25, 0.3) is 0 Å². The number of aliphatic hydroxyl groups is 1. The molecule has 1 saturated heterocycles. The highest BCUT2D eigenvalue weighted by atomic mass is 19.4. The Morgan fingerprint density at radius 3 is 2.55 bits per heavy atom. The van der Waals surface area contributed by atoms with E-state index in [9.17, 15) is 18.3 Å². The van der Waals surface area contributed by atoms with Crippen molar-refractivity contribution in [3.8, 4) is 6.07 Å². The number of nitrogens with zero attached hydrogens (tertiary/aromatic N) is 2. The van der Waals surface area contributed by atoms with Crippen LogP contribution in [0.4, 0.5) is 18.9 Å². The SMILES string of the molecule is CC1N(c2ccc(C#N)cc2C(F)(F)F)CCC1(C)O. The third kappa shape index (κ3) is 2.46. The van der Waals surface area contributed by atoms with Gasteiger partial charge in [-0.1, -0.05) is 0 Å². The highest BCUT2D eigenvalue weighted by Crippen LogP contribution is 2.41. The van der Waals surface area contributed by atoms with Crippen LogP contribution in [0.2, 0.25) is 0 Å². The maximum atomic E-state index is 13.1. The molecule has 1 aliphatic rings. The fourth-order valence-corrected chi connectivity index (χ4v) is 2.50. The monoisotopic (exact) mass is 284 g/mol. The van der Waals surface area contributed by atoms with Crippen molar-refractivity contribution >= 4 is 5.69 Å². The maximum Gasteiger partial charge on any atom is 0.418 e. The number of benzene rings is 1. The number of anilines is 1. The Morgan fingerprint density at radius 1 is 1.45 bits per heavy atom. The Bertz CT molecular complexity index is 561. The van der Waals surface area contributed by atoms with Crippen LogP contribution in [0.15, 0.2) is 18.2 Å². The summed E-state index contributed by atoms with van der Waals surface area (Å²) in [4.78, 5) is 1.55. The van der Waals surface area contributed by atoms with Crippen molar-refractivity contribution in [3.05, 3.63) is 29.3 Å². The number of hydrogen-bond donors (Lipinski definition) is 1. The highest BCUT2D eigenvalue weighted by molar-refractivity contribution is 5.59. The summed E-state index contributed by atoms with van der Waals surface area (Å²) >= 11 is 0. The lowest BCUT2D eigenvalue weighted by atomic mass is 9.98. The van der Waals surface area contributed by atoms with E-state index in [1.165, 1.54) is 12.1 Å². The minimum Gasteiger partial charge on any atom is -0.388 e. The van der Waals surface area contributed by atoms with E-state index in [2.05, 4.69) is 0 Å². The van der Waals surface area contributed by atoms with Crippen LogP contribution < -0.4 is 4.90 Å². The van der Waals surface area contributed by atoms with Crippen LogP contribution in [0, 0.1) is 11.3 Å².